The first kappa shape index (κ1) is 15.6. The molecule has 1 saturated heterocycles. The zero-order chi connectivity index (χ0) is 14.3. The first-order valence-electron chi connectivity index (χ1n) is 5.81. The maximum atomic E-state index is 12.6. The molecule has 1 heterocycles. The summed E-state index contributed by atoms with van der Waals surface area (Å²) in [6, 6.07) is 4.71. The van der Waals surface area contributed by atoms with Gasteiger partial charge in [-0.2, -0.15) is 16.1 Å². The van der Waals surface area contributed by atoms with Gasteiger partial charge in [0.15, 0.2) is 0 Å². The molecule has 0 bridgehead atoms. The summed E-state index contributed by atoms with van der Waals surface area (Å²) >= 11 is 11.0. The summed E-state index contributed by atoms with van der Waals surface area (Å²) < 4.78 is 27.3. The van der Waals surface area contributed by atoms with Crippen molar-refractivity contribution >= 4 is 49.3 Å². The third kappa shape index (κ3) is 3.47. The fraction of sp³-hybridized carbons (Fsp3) is 0.500. The van der Waals surface area contributed by atoms with Crippen LogP contribution in [-0.4, -0.2) is 36.3 Å². The van der Waals surface area contributed by atoms with E-state index in [9.17, 15) is 8.42 Å². The Kier molecular flexibility index (Phi) is 4.58. The summed E-state index contributed by atoms with van der Waals surface area (Å²) in [7, 11) is -3.44. The molecule has 1 aromatic carbocycles. The molecule has 0 unspecified atom stereocenters. The SMILES string of the molecule is CC1(C)CN(S(=O)(=O)c2ccc(Cl)c(Br)c2)CCS1. The van der Waals surface area contributed by atoms with Crippen LogP contribution in [0.15, 0.2) is 27.6 Å². The number of thioether (sulfide) groups is 1. The van der Waals surface area contributed by atoms with Crippen LogP contribution in [0, 0.1) is 0 Å². The standard InChI is InChI=1S/C12H15BrClNO2S2/c1-12(2)8-15(5-6-18-12)19(16,17)9-3-4-11(14)10(13)7-9/h3-4,7H,5-6,8H2,1-2H3. The van der Waals surface area contributed by atoms with E-state index in [2.05, 4.69) is 29.8 Å². The molecule has 106 valence electrons. The number of halogens is 2. The number of hydrogen-bond acceptors (Lipinski definition) is 3. The molecule has 1 fully saturated rings. The van der Waals surface area contributed by atoms with Crippen molar-refractivity contribution in [2.24, 2.45) is 0 Å². The fourth-order valence-electron chi connectivity index (χ4n) is 1.96. The van der Waals surface area contributed by atoms with Crippen molar-refractivity contribution in [2.45, 2.75) is 23.5 Å². The lowest BCUT2D eigenvalue weighted by atomic mass is 10.2. The minimum Gasteiger partial charge on any atom is -0.207 e. The van der Waals surface area contributed by atoms with Gasteiger partial charge in [-0.3, -0.25) is 0 Å². The van der Waals surface area contributed by atoms with Crippen LogP contribution >= 0.6 is 39.3 Å². The maximum absolute atomic E-state index is 12.6. The smallest absolute Gasteiger partial charge is 0.207 e. The van der Waals surface area contributed by atoms with Crippen molar-refractivity contribution in [1.82, 2.24) is 4.31 Å². The van der Waals surface area contributed by atoms with Crippen LogP contribution in [0.3, 0.4) is 0 Å². The minimum absolute atomic E-state index is 0.0466. The number of benzene rings is 1. The predicted molar refractivity (Wildman–Crippen MR) is 84.4 cm³/mol. The van der Waals surface area contributed by atoms with Crippen LogP contribution in [0.2, 0.25) is 5.02 Å². The average Bonchev–Trinajstić information content (AvgIpc) is 2.31. The van der Waals surface area contributed by atoms with Crippen LogP contribution in [0.25, 0.3) is 0 Å². The van der Waals surface area contributed by atoms with E-state index in [0.717, 1.165) is 5.75 Å². The molecule has 0 N–H and O–H groups in total. The van der Waals surface area contributed by atoms with Gasteiger partial charge in [0.25, 0.3) is 0 Å². The van der Waals surface area contributed by atoms with Gasteiger partial charge in [-0.05, 0) is 48.0 Å². The van der Waals surface area contributed by atoms with Crippen LogP contribution < -0.4 is 0 Å². The summed E-state index contributed by atoms with van der Waals surface area (Å²) in [5, 5.41) is 0.508. The molecule has 7 heteroatoms. The largest absolute Gasteiger partial charge is 0.243 e. The molecule has 0 saturated carbocycles. The molecule has 0 amide bonds. The lowest BCUT2D eigenvalue weighted by molar-refractivity contribution is 0.387. The maximum Gasteiger partial charge on any atom is 0.243 e. The van der Waals surface area contributed by atoms with Gasteiger partial charge in [0.1, 0.15) is 0 Å². The van der Waals surface area contributed by atoms with Crippen molar-refractivity contribution in [3.63, 3.8) is 0 Å². The van der Waals surface area contributed by atoms with Crippen molar-refractivity contribution in [3.05, 3.63) is 27.7 Å². The van der Waals surface area contributed by atoms with Gasteiger partial charge in [0.05, 0.1) is 9.92 Å². The van der Waals surface area contributed by atoms with Crippen molar-refractivity contribution in [2.75, 3.05) is 18.8 Å². The lowest BCUT2D eigenvalue weighted by Gasteiger charge is -2.36. The third-order valence-corrected chi connectivity index (χ3v) is 7.27. The zero-order valence-corrected chi connectivity index (χ0v) is 14.7. The molecule has 0 spiro atoms. The summed E-state index contributed by atoms with van der Waals surface area (Å²) in [4.78, 5) is 0.284. The van der Waals surface area contributed by atoms with Crippen LogP contribution in [0.4, 0.5) is 0 Å². The molecule has 0 atom stereocenters. The lowest BCUT2D eigenvalue weighted by Crippen LogP contribution is -2.46. The molecule has 1 aliphatic rings. The molecular formula is C12H15BrClNO2S2. The Morgan fingerprint density at radius 1 is 1.42 bits per heavy atom. The van der Waals surface area contributed by atoms with Gasteiger partial charge < -0.3 is 0 Å². The van der Waals surface area contributed by atoms with Crippen molar-refractivity contribution < 1.29 is 8.42 Å². The highest BCUT2D eigenvalue weighted by Gasteiger charge is 2.34. The summed E-state index contributed by atoms with van der Waals surface area (Å²) in [6.07, 6.45) is 0. The quantitative estimate of drug-likeness (QED) is 0.781. The molecular weight excluding hydrogens is 370 g/mol. The molecule has 19 heavy (non-hydrogen) atoms. The molecule has 1 aliphatic heterocycles. The normalized spacial score (nSPS) is 20.4. The Morgan fingerprint density at radius 2 is 2.11 bits per heavy atom. The van der Waals surface area contributed by atoms with E-state index in [-0.39, 0.29) is 9.64 Å². The number of nitrogens with zero attached hydrogens (tertiary/aromatic N) is 1. The second-order valence-corrected chi connectivity index (χ2v) is 10.0. The number of hydrogen-bond donors (Lipinski definition) is 0. The number of sulfonamides is 1. The van der Waals surface area contributed by atoms with E-state index in [1.165, 1.54) is 0 Å². The summed E-state index contributed by atoms with van der Waals surface area (Å²) in [5.74, 6) is 0.820. The van der Waals surface area contributed by atoms with E-state index in [1.807, 2.05) is 0 Å². The number of rotatable bonds is 2. The molecule has 2 rings (SSSR count). The van der Waals surface area contributed by atoms with Crippen LogP contribution in [0.5, 0.6) is 0 Å². The van der Waals surface area contributed by atoms with E-state index in [4.69, 9.17) is 11.6 Å². The topological polar surface area (TPSA) is 37.4 Å². The monoisotopic (exact) mass is 383 g/mol. The average molecular weight is 385 g/mol. The van der Waals surface area contributed by atoms with Crippen LogP contribution in [0.1, 0.15) is 13.8 Å². The first-order valence-corrected chi connectivity index (χ1v) is 9.41. The molecule has 1 aromatic rings. The summed E-state index contributed by atoms with van der Waals surface area (Å²) in [5.41, 5.74) is 0. The summed E-state index contributed by atoms with van der Waals surface area (Å²) in [6.45, 7) is 5.21. The molecule has 0 aromatic heterocycles. The molecule has 3 nitrogen and oxygen atoms in total. The van der Waals surface area contributed by atoms with Gasteiger partial charge in [-0.25, -0.2) is 8.42 Å². The zero-order valence-electron chi connectivity index (χ0n) is 10.7. The second-order valence-electron chi connectivity index (χ2n) is 5.02. The Labute approximate surface area is 131 Å². The molecule has 0 radical (unpaired) electrons. The Balaban J connectivity index is 2.34. The fourth-order valence-corrected chi connectivity index (χ4v) is 5.55. The van der Waals surface area contributed by atoms with Gasteiger partial charge in [-0.1, -0.05) is 11.6 Å². The highest BCUT2D eigenvalue weighted by molar-refractivity contribution is 9.10. The Morgan fingerprint density at radius 3 is 2.68 bits per heavy atom. The van der Waals surface area contributed by atoms with E-state index >= 15 is 0 Å². The third-order valence-electron chi connectivity index (χ3n) is 2.92. The molecule has 0 aliphatic carbocycles. The van der Waals surface area contributed by atoms with Gasteiger partial charge >= 0.3 is 0 Å². The first-order chi connectivity index (χ1) is 8.72. The Bertz CT molecular complexity index is 589. The van der Waals surface area contributed by atoms with Gasteiger partial charge in [0, 0.05) is 28.1 Å². The van der Waals surface area contributed by atoms with Crippen molar-refractivity contribution in [3.8, 4) is 0 Å². The van der Waals surface area contributed by atoms with E-state index in [0.29, 0.717) is 22.6 Å². The van der Waals surface area contributed by atoms with E-state index < -0.39 is 10.0 Å². The van der Waals surface area contributed by atoms with Crippen LogP contribution in [-0.2, 0) is 10.0 Å². The van der Waals surface area contributed by atoms with Crippen molar-refractivity contribution in [1.29, 1.82) is 0 Å². The van der Waals surface area contributed by atoms with Gasteiger partial charge in [-0.15, -0.1) is 0 Å². The van der Waals surface area contributed by atoms with Gasteiger partial charge in [0.2, 0.25) is 10.0 Å². The highest BCUT2D eigenvalue weighted by Crippen LogP contribution is 2.33. The van der Waals surface area contributed by atoms with E-state index in [1.54, 1.807) is 34.3 Å². The predicted octanol–water partition coefficient (Wildman–Crippen LogP) is 3.62. The second kappa shape index (κ2) is 5.56. The minimum atomic E-state index is -3.44. The highest BCUT2D eigenvalue weighted by atomic mass is 79.9. The Hall–Kier alpha value is 0.250.